The number of hydrogen-bond acceptors (Lipinski definition) is 3. The number of pyridine rings is 2. The molecule has 3 rings (SSSR count). The van der Waals surface area contributed by atoms with Gasteiger partial charge in [0.15, 0.2) is 0 Å². The second-order valence-corrected chi connectivity index (χ2v) is 5.08. The van der Waals surface area contributed by atoms with Crippen molar-refractivity contribution in [2.75, 3.05) is 5.32 Å². The van der Waals surface area contributed by atoms with Crippen molar-refractivity contribution in [1.29, 1.82) is 0 Å². The van der Waals surface area contributed by atoms with E-state index < -0.39 is 0 Å². The number of fused-ring (bicyclic) bond motifs is 1. The molecule has 2 aromatic heterocycles. The number of hydrogen-bond donors (Lipinski definition) is 1. The van der Waals surface area contributed by atoms with Gasteiger partial charge in [-0.1, -0.05) is 12.2 Å². The molecule has 1 aliphatic carbocycles. The van der Waals surface area contributed by atoms with Gasteiger partial charge < -0.3 is 5.32 Å². The molecule has 3 nitrogen and oxygen atoms in total. The lowest BCUT2D eigenvalue weighted by Gasteiger charge is -2.14. The molecule has 0 aromatic carbocycles. The van der Waals surface area contributed by atoms with Crippen LogP contribution in [0.4, 0.5) is 5.69 Å². The van der Waals surface area contributed by atoms with Crippen LogP contribution in [0, 0.1) is 0 Å². The van der Waals surface area contributed by atoms with Crippen LogP contribution < -0.4 is 5.32 Å². The fourth-order valence-electron chi connectivity index (χ4n) is 2.08. The average Bonchev–Trinajstić information content (AvgIpc) is 2.82. The maximum absolute atomic E-state index is 4.43. The van der Waals surface area contributed by atoms with Gasteiger partial charge in [-0.2, -0.15) is 0 Å². The Hall–Kier alpha value is -1.42. The largest absolute Gasteiger partial charge is 0.380 e. The second-order valence-electron chi connectivity index (χ2n) is 4.16. The number of halogens is 1. The summed E-state index contributed by atoms with van der Waals surface area (Å²) in [6, 6.07) is 4.47. The van der Waals surface area contributed by atoms with Gasteiger partial charge in [0.2, 0.25) is 0 Å². The highest BCUT2D eigenvalue weighted by molar-refractivity contribution is 9.10. The Labute approximate surface area is 108 Å². The summed E-state index contributed by atoms with van der Waals surface area (Å²) in [5.74, 6) is 0. The summed E-state index contributed by atoms with van der Waals surface area (Å²) < 4.78 is 0.956. The molecule has 86 valence electrons. The van der Waals surface area contributed by atoms with Gasteiger partial charge in [0.25, 0.3) is 0 Å². The highest BCUT2D eigenvalue weighted by Gasteiger charge is 2.12. The molecule has 0 unspecified atom stereocenters. The normalized spacial score (nSPS) is 15.6. The molecule has 0 aliphatic heterocycles. The molecular weight excluding hydrogens is 278 g/mol. The van der Waals surface area contributed by atoms with Gasteiger partial charge in [0.1, 0.15) is 5.52 Å². The highest BCUT2D eigenvalue weighted by Crippen LogP contribution is 2.24. The second kappa shape index (κ2) is 4.45. The van der Waals surface area contributed by atoms with Crippen LogP contribution in [0.3, 0.4) is 0 Å². The van der Waals surface area contributed by atoms with E-state index in [2.05, 4.69) is 43.4 Å². The first-order chi connectivity index (χ1) is 8.33. The fraction of sp³-hybridized carbons (Fsp3) is 0.231. The Bertz CT molecular complexity index is 572. The first-order valence-corrected chi connectivity index (χ1v) is 6.44. The molecule has 1 aliphatic rings. The minimum atomic E-state index is 0.492. The van der Waals surface area contributed by atoms with Crippen LogP contribution >= 0.6 is 15.9 Å². The van der Waals surface area contributed by atoms with E-state index in [-0.39, 0.29) is 0 Å². The van der Waals surface area contributed by atoms with Crippen molar-refractivity contribution in [3.63, 3.8) is 0 Å². The Morgan fingerprint density at radius 2 is 2.06 bits per heavy atom. The minimum absolute atomic E-state index is 0.492. The van der Waals surface area contributed by atoms with Crippen molar-refractivity contribution in [2.24, 2.45) is 0 Å². The maximum atomic E-state index is 4.43. The summed E-state index contributed by atoms with van der Waals surface area (Å²) in [5.41, 5.74) is 2.91. The lowest BCUT2D eigenvalue weighted by Crippen LogP contribution is -2.15. The van der Waals surface area contributed by atoms with Crippen molar-refractivity contribution in [3.05, 3.63) is 41.2 Å². The van der Waals surface area contributed by atoms with E-state index in [4.69, 9.17) is 0 Å². The van der Waals surface area contributed by atoms with Crippen molar-refractivity contribution in [3.8, 4) is 0 Å². The SMILES string of the molecule is Brc1cnc2c(NC3CC=CC3)ccnc2c1. The first-order valence-electron chi connectivity index (χ1n) is 5.65. The Morgan fingerprint density at radius 1 is 1.24 bits per heavy atom. The number of nitrogens with zero attached hydrogens (tertiary/aromatic N) is 2. The Kier molecular flexibility index (Phi) is 2.81. The van der Waals surface area contributed by atoms with Crippen molar-refractivity contribution in [1.82, 2.24) is 9.97 Å². The van der Waals surface area contributed by atoms with Crippen molar-refractivity contribution in [2.45, 2.75) is 18.9 Å². The highest BCUT2D eigenvalue weighted by atomic mass is 79.9. The molecule has 0 atom stereocenters. The summed E-state index contributed by atoms with van der Waals surface area (Å²) >= 11 is 3.41. The van der Waals surface area contributed by atoms with Gasteiger partial charge in [-0.15, -0.1) is 0 Å². The summed E-state index contributed by atoms with van der Waals surface area (Å²) in [5, 5.41) is 3.52. The smallest absolute Gasteiger partial charge is 0.112 e. The van der Waals surface area contributed by atoms with Crippen LogP contribution in [0.25, 0.3) is 11.0 Å². The number of anilines is 1. The molecule has 0 bridgehead atoms. The lowest BCUT2D eigenvalue weighted by atomic mass is 10.2. The Morgan fingerprint density at radius 3 is 2.88 bits per heavy atom. The van der Waals surface area contributed by atoms with Crippen molar-refractivity contribution >= 4 is 32.7 Å². The van der Waals surface area contributed by atoms with E-state index in [1.165, 1.54) is 0 Å². The molecule has 4 heteroatoms. The predicted molar refractivity (Wildman–Crippen MR) is 73.0 cm³/mol. The van der Waals surface area contributed by atoms with Gasteiger partial charge in [-0.3, -0.25) is 9.97 Å². The molecule has 0 fully saturated rings. The first kappa shape index (κ1) is 10.7. The van der Waals surface area contributed by atoms with Crippen LogP contribution in [0.2, 0.25) is 0 Å². The van der Waals surface area contributed by atoms with E-state index >= 15 is 0 Å². The van der Waals surface area contributed by atoms with E-state index in [9.17, 15) is 0 Å². The van der Waals surface area contributed by atoms with E-state index in [0.29, 0.717) is 6.04 Å². The zero-order valence-corrected chi connectivity index (χ0v) is 10.8. The molecular formula is C13H12BrN3. The third-order valence-corrected chi connectivity index (χ3v) is 3.35. The predicted octanol–water partition coefficient (Wildman–Crippen LogP) is 3.52. The molecule has 0 spiro atoms. The summed E-state index contributed by atoms with van der Waals surface area (Å²) in [4.78, 5) is 8.76. The van der Waals surface area contributed by atoms with Crippen LogP contribution in [0.15, 0.2) is 41.2 Å². The Balaban J connectivity index is 1.98. The maximum Gasteiger partial charge on any atom is 0.112 e. The minimum Gasteiger partial charge on any atom is -0.380 e. The number of rotatable bonds is 2. The van der Waals surface area contributed by atoms with Crippen molar-refractivity contribution < 1.29 is 0 Å². The quantitative estimate of drug-likeness (QED) is 0.860. The monoisotopic (exact) mass is 289 g/mol. The van der Waals surface area contributed by atoms with E-state index in [0.717, 1.165) is 34.0 Å². The fourth-order valence-corrected chi connectivity index (χ4v) is 2.40. The molecule has 0 radical (unpaired) electrons. The van der Waals surface area contributed by atoms with Gasteiger partial charge in [0, 0.05) is 22.9 Å². The van der Waals surface area contributed by atoms with Gasteiger partial charge in [-0.25, -0.2) is 0 Å². The third kappa shape index (κ3) is 2.17. The molecule has 2 heterocycles. The van der Waals surface area contributed by atoms with E-state index in [1.807, 2.05) is 24.5 Å². The summed E-state index contributed by atoms with van der Waals surface area (Å²) in [7, 11) is 0. The molecule has 0 saturated carbocycles. The standard InChI is InChI=1S/C13H12BrN3/c14-9-7-12-13(16-8-9)11(5-6-15-12)17-10-3-1-2-4-10/h1-2,5-8,10H,3-4H2,(H,15,17). The van der Waals surface area contributed by atoms with Crippen LogP contribution in [0.5, 0.6) is 0 Å². The topological polar surface area (TPSA) is 37.8 Å². The molecule has 2 aromatic rings. The third-order valence-electron chi connectivity index (χ3n) is 2.91. The van der Waals surface area contributed by atoms with Crippen LogP contribution in [-0.2, 0) is 0 Å². The van der Waals surface area contributed by atoms with Gasteiger partial charge >= 0.3 is 0 Å². The zero-order chi connectivity index (χ0) is 11.7. The molecule has 0 saturated heterocycles. The van der Waals surface area contributed by atoms with Crippen LogP contribution in [0.1, 0.15) is 12.8 Å². The lowest BCUT2D eigenvalue weighted by molar-refractivity contribution is 0.787. The average molecular weight is 290 g/mol. The summed E-state index contributed by atoms with van der Waals surface area (Å²) in [6.45, 7) is 0. The van der Waals surface area contributed by atoms with E-state index in [1.54, 1.807) is 0 Å². The van der Waals surface area contributed by atoms with Gasteiger partial charge in [0.05, 0.1) is 11.2 Å². The zero-order valence-electron chi connectivity index (χ0n) is 9.23. The van der Waals surface area contributed by atoms with Crippen LogP contribution in [-0.4, -0.2) is 16.0 Å². The summed E-state index contributed by atoms with van der Waals surface area (Å²) in [6.07, 6.45) is 10.2. The number of aromatic nitrogens is 2. The number of nitrogens with one attached hydrogen (secondary N) is 1. The van der Waals surface area contributed by atoms with Gasteiger partial charge in [-0.05, 0) is 40.9 Å². The molecule has 17 heavy (non-hydrogen) atoms. The molecule has 1 N–H and O–H groups in total. The molecule has 0 amide bonds.